The smallest absolute Gasteiger partial charge is 0.273 e. The second-order valence-corrected chi connectivity index (χ2v) is 2.77. The zero-order chi connectivity index (χ0) is 14.1. The van der Waals surface area contributed by atoms with Crippen molar-refractivity contribution in [2.45, 2.75) is 27.7 Å². The van der Waals surface area contributed by atoms with Crippen molar-refractivity contribution in [2.75, 3.05) is 11.9 Å². The quantitative estimate of drug-likeness (QED) is 0.617. The highest BCUT2D eigenvalue weighted by molar-refractivity contribution is 5.95. The maximum atomic E-state index is 10.9. The highest BCUT2D eigenvalue weighted by Gasteiger charge is 2.18. The summed E-state index contributed by atoms with van der Waals surface area (Å²) in [5.74, 6) is 0.0742. The van der Waals surface area contributed by atoms with Crippen molar-refractivity contribution in [3.63, 3.8) is 0 Å². The molecule has 0 radical (unpaired) electrons. The molecule has 2 rings (SSSR count). The minimum absolute atomic E-state index is 0.0556. The second-order valence-electron chi connectivity index (χ2n) is 2.77. The van der Waals surface area contributed by atoms with E-state index in [0.29, 0.717) is 11.4 Å². The highest BCUT2D eigenvalue weighted by Crippen LogP contribution is 2.31. The van der Waals surface area contributed by atoms with Crippen LogP contribution < -0.4 is 10.1 Å². The topological polar surface area (TPSA) is 81.5 Å². The van der Waals surface area contributed by atoms with E-state index in [0.717, 1.165) is 0 Å². The molecule has 1 aliphatic heterocycles. The number of carbonyl (C=O) groups excluding carboxylic acids is 1. The molecule has 0 saturated heterocycles. The molecule has 1 aliphatic rings. The lowest BCUT2D eigenvalue weighted by Gasteiger charge is -2.16. The van der Waals surface area contributed by atoms with E-state index < -0.39 is 4.92 Å². The van der Waals surface area contributed by atoms with Crippen LogP contribution in [-0.4, -0.2) is 17.4 Å². The number of carbonyl (C=O) groups is 1. The number of nitro benzene ring substituents is 1. The second kappa shape index (κ2) is 8.05. The molecule has 1 aromatic carbocycles. The molecular weight excluding hydrogens is 236 g/mol. The Morgan fingerprint density at radius 1 is 1.28 bits per heavy atom. The number of nitrogens with one attached hydrogen (secondary N) is 1. The molecule has 0 unspecified atom stereocenters. The first-order valence-electron chi connectivity index (χ1n) is 5.88. The van der Waals surface area contributed by atoms with Crippen molar-refractivity contribution in [3.8, 4) is 5.75 Å². The molecule has 18 heavy (non-hydrogen) atoms. The number of fused-ring (bicyclic) bond motifs is 1. The Balaban J connectivity index is 0.000000659. The van der Waals surface area contributed by atoms with Crippen molar-refractivity contribution in [1.82, 2.24) is 0 Å². The maximum Gasteiger partial charge on any atom is 0.273 e. The number of nitrogens with zero attached hydrogens (tertiary/aromatic N) is 1. The van der Waals surface area contributed by atoms with Crippen LogP contribution in [0.2, 0.25) is 0 Å². The number of hydrogen-bond donors (Lipinski definition) is 1. The van der Waals surface area contributed by atoms with Gasteiger partial charge in [0.25, 0.3) is 11.6 Å². The largest absolute Gasteiger partial charge is 0.481 e. The van der Waals surface area contributed by atoms with E-state index in [1.54, 1.807) is 0 Å². The third kappa shape index (κ3) is 4.04. The molecule has 0 aromatic heterocycles. The Bertz CT molecular complexity index is 419. The Kier molecular flexibility index (Phi) is 7.11. The van der Waals surface area contributed by atoms with Crippen molar-refractivity contribution < 1.29 is 14.5 Å². The maximum absolute atomic E-state index is 10.9. The Morgan fingerprint density at radius 2 is 1.89 bits per heavy atom. The van der Waals surface area contributed by atoms with Gasteiger partial charge >= 0.3 is 0 Å². The first-order valence-corrected chi connectivity index (χ1v) is 5.88. The molecular formula is C12H18N2O4. The summed E-state index contributed by atoms with van der Waals surface area (Å²) < 4.78 is 5.01. The van der Waals surface area contributed by atoms with Gasteiger partial charge in [-0.1, -0.05) is 27.7 Å². The normalized spacial score (nSPS) is 11.4. The lowest BCUT2D eigenvalue weighted by molar-refractivity contribution is -0.384. The van der Waals surface area contributed by atoms with Gasteiger partial charge in [-0.2, -0.15) is 0 Å². The molecule has 6 nitrogen and oxygen atoms in total. The number of benzene rings is 1. The minimum Gasteiger partial charge on any atom is -0.481 e. The Hall–Kier alpha value is -2.11. The lowest BCUT2D eigenvalue weighted by Crippen LogP contribution is -2.25. The van der Waals surface area contributed by atoms with Gasteiger partial charge in [0, 0.05) is 6.07 Å². The molecule has 0 fully saturated rings. The first kappa shape index (κ1) is 15.9. The van der Waals surface area contributed by atoms with E-state index in [1.165, 1.54) is 18.2 Å². The molecule has 0 bridgehead atoms. The van der Waals surface area contributed by atoms with Crippen LogP contribution in [0, 0.1) is 10.1 Å². The van der Waals surface area contributed by atoms with Gasteiger partial charge in [-0.3, -0.25) is 14.9 Å². The SMILES string of the molecule is CC.CC.O=C1COc2cc([N+](=O)[O-])ccc2N1. The predicted octanol–water partition coefficient (Wildman–Crippen LogP) is 2.98. The molecule has 1 heterocycles. The lowest BCUT2D eigenvalue weighted by atomic mass is 10.2. The van der Waals surface area contributed by atoms with Crippen LogP contribution in [0.15, 0.2) is 18.2 Å². The van der Waals surface area contributed by atoms with Crippen LogP contribution in [-0.2, 0) is 4.79 Å². The fourth-order valence-electron chi connectivity index (χ4n) is 1.18. The zero-order valence-corrected chi connectivity index (χ0v) is 11.0. The highest BCUT2D eigenvalue weighted by atomic mass is 16.6. The summed E-state index contributed by atoms with van der Waals surface area (Å²) in [5, 5.41) is 13.0. The molecule has 6 heteroatoms. The molecule has 0 spiro atoms. The number of anilines is 1. The summed E-state index contributed by atoms with van der Waals surface area (Å²) in [6.45, 7) is 7.90. The monoisotopic (exact) mass is 254 g/mol. The van der Waals surface area contributed by atoms with E-state index in [4.69, 9.17) is 4.74 Å². The zero-order valence-electron chi connectivity index (χ0n) is 11.0. The van der Waals surface area contributed by atoms with Gasteiger partial charge in [-0.15, -0.1) is 0 Å². The van der Waals surface area contributed by atoms with E-state index in [2.05, 4.69) is 5.32 Å². The Labute approximate surface area is 106 Å². The predicted molar refractivity (Wildman–Crippen MR) is 69.9 cm³/mol. The van der Waals surface area contributed by atoms with E-state index >= 15 is 0 Å². The van der Waals surface area contributed by atoms with Crippen LogP contribution in [0.4, 0.5) is 11.4 Å². The first-order chi connectivity index (χ1) is 8.66. The van der Waals surface area contributed by atoms with Crippen LogP contribution in [0.25, 0.3) is 0 Å². The number of hydrogen-bond acceptors (Lipinski definition) is 4. The summed E-state index contributed by atoms with van der Waals surface area (Å²) in [7, 11) is 0. The number of non-ortho nitro benzene ring substituents is 1. The molecule has 0 aliphatic carbocycles. The Morgan fingerprint density at radius 3 is 2.44 bits per heavy atom. The summed E-state index contributed by atoms with van der Waals surface area (Å²) in [6, 6.07) is 4.05. The van der Waals surface area contributed by atoms with Crippen LogP contribution >= 0.6 is 0 Å². The number of amides is 1. The average molecular weight is 254 g/mol. The third-order valence-electron chi connectivity index (χ3n) is 1.81. The van der Waals surface area contributed by atoms with Gasteiger partial charge < -0.3 is 10.1 Å². The summed E-state index contributed by atoms with van der Waals surface area (Å²) in [5.41, 5.74) is 0.409. The third-order valence-corrected chi connectivity index (χ3v) is 1.81. The van der Waals surface area contributed by atoms with Gasteiger partial charge in [-0.25, -0.2) is 0 Å². The van der Waals surface area contributed by atoms with Gasteiger partial charge in [0.1, 0.15) is 5.75 Å². The molecule has 1 aromatic rings. The molecule has 1 amide bonds. The van der Waals surface area contributed by atoms with Crippen LogP contribution in [0.5, 0.6) is 5.75 Å². The van der Waals surface area contributed by atoms with Crippen molar-refractivity contribution in [1.29, 1.82) is 0 Å². The summed E-state index contributed by atoms with van der Waals surface area (Å²) >= 11 is 0. The molecule has 0 atom stereocenters. The van der Waals surface area contributed by atoms with Crippen molar-refractivity contribution in [2.24, 2.45) is 0 Å². The van der Waals surface area contributed by atoms with Crippen LogP contribution in [0.1, 0.15) is 27.7 Å². The molecule has 0 saturated carbocycles. The van der Waals surface area contributed by atoms with Gasteiger partial charge in [0.05, 0.1) is 16.7 Å². The molecule has 1 N–H and O–H groups in total. The average Bonchev–Trinajstić information content (AvgIpc) is 2.42. The van der Waals surface area contributed by atoms with Crippen molar-refractivity contribution >= 4 is 17.3 Å². The van der Waals surface area contributed by atoms with E-state index in [-0.39, 0.29) is 18.2 Å². The van der Waals surface area contributed by atoms with Crippen molar-refractivity contribution in [3.05, 3.63) is 28.3 Å². The fourth-order valence-corrected chi connectivity index (χ4v) is 1.18. The standard InChI is InChI=1S/C8H6N2O4.2C2H6/c11-8-4-14-7-3-5(10(12)13)1-2-6(7)9-8;2*1-2/h1-3H,4H2,(H,9,11);2*1-2H3. The minimum atomic E-state index is -0.514. The number of nitro groups is 1. The van der Waals surface area contributed by atoms with Gasteiger partial charge in [0.2, 0.25) is 0 Å². The van der Waals surface area contributed by atoms with E-state index in [9.17, 15) is 14.9 Å². The van der Waals surface area contributed by atoms with Crippen LogP contribution in [0.3, 0.4) is 0 Å². The summed E-state index contributed by atoms with van der Waals surface area (Å²) in [6.07, 6.45) is 0. The van der Waals surface area contributed by atoms with Gasteiger partial charge in [0.15, 0.2) is 6.61 Å². The number of ether oxygens (including phenoxy) is 1. The van der Waals surface area contributed by atoms with Gasteiger partial charge in [-0.05, 0) is 6.07 Å². The van der Waals surface area contributed by atoms with E-state index in [1.807, 2.05) is 27.7 Å². The fraction of sp³-hybridized carbons (Fsp3) is 0.417. The molecule has 100 valence electrons. The number of rotatable bonds is 1. The summed E-state index contributed by atoms with van der Waals surface area (Å²) in [4.78, 5) is 20.8.